The first-order valence-electron chi connectivity index (χ1n) is 17.8. The number of hydrogen-bond donors (Lipinski definition) is 3. The van der Waals surface area contributed by atoms with Crippen LogP contribution in [0.5, 0.6) is 0 Å². The van der Waals surface area contributed by atoms with Crippen LogP contribution in [0, 0.1) is 5.41 Å². The Morgan fingerprint density at radius 2 is 0.818 bits per heavy atom. The highest BCUT2D eigenvalue weighted by molar-refractivity contribution is 7.87. The number of nitrogens with zero attached hydrogens (tertiary/aromatic N) is 1. The maximum absolute atomic E-state index is 11.7. The number of unbranched alkanes of at least 4 members (excludes halogenated alkanes) is 18. The third-order valence-corrected chi connectivity index (χ3v) is 13.0. The molecule has 0 aromatic heterocycles. The third kappa shape index (κ3) is 18.2. The van der Waals surface area contributed by atoms with Gasteiger partial charge in [0.15, 0.2) is 0 Å². The van der Waals surface area contributed by atoms with Crippen molar-refractivity contribution in [3.05, 3.63) is 0 Å². The fraction of sp³-hybridized carbons (Fsp3) is 1.00. The maximum atomic E-state index is 11.7. The zero-order chi connectivity index (χ0) is 34.3. The van der Waals surface area contributed by atoms with Crippen molar-refractivity contribution in [2.24, 2.45) is 11.1 Å². The van der Waals surface area contributed by atoms with Crippen molar-refractivity contribution in [2.45, 2.75) is 199 Å². The lowest BCUT2D eigenvalue weighted by Crippen LogP contribution is -2.57. The van der Waals surface area contributed by atoms with Crippen LogP contribution in [0.2, 0.25) is 0 Å². The minimum Gasteiger partial charge on any atom is -0.310 e. The summed E-state index contributed by atoms with van der Waals surface area (Å²) in [5.74, 6) is 0. The molecule has 0 amide bonds. The summed E-state index contributed by atoms with van der Waals surface area (Å²) in [6.07, 6.45) is 25.3. The van der Waals surface area contributed by atoms with E-state index in [1.807, 2.05) is 6.92 Å². The highest BCUT2D eigenvalue weighted by atomic mass is 32.2. The SMILES string of the molecule is CCCCCCCCCCCCC(CC)(N(C)C)S(=O)(=O)O.CCCCCCCCCCCCC(N)(C(C)(C)C)S(=O)(=O)O. The molecule has 0 aliphatic carbocycles. The lowest BCUT2D eigenvalue weighted by molar-refractivity contribution is 0.198. The summed E-state index contributed by atoms with van der Waals surface area (Å²) in [6.45, 7) is 11.6. The van der Waals surface area contributed by atoms with Crippen LogP contribution in [0.1, 0.15) is 189 Å². The van der Waals surface area contributed by atoms with Crippen LogP contribution >= 0.6 is 0 Å². The summed E-state index contributed by atoms with van der Waals surface area (Å²) in [5, 5.41) is 0. The molecule has 0 saturated heterocycles. The predicted octanol–water partition coefficient (Wildman–Crippen LogP) is 9.74. The number of nitrogens with two attached hydrogens (primary N) is 1. The fourth-order valence-corrected chi connectivity index (χ4v) is 8.32. The molecular weight excluding hydrogens is 597 g/mol. The Hall–Kier alpha value is -0.260. The zero-order valence-electron chi connectivity index (χ0n) is 30.1. The summed E-state index contributed by atoms with van der Waals surface area (Å²) in [7, 11) is -4.86. The van der Waals surface area contributed by atoms with Gasteiger partial charge in [0, 0.05) is 0 Å². The summed E-state index contributed by atoms with van der Waals surface area (Å²) < 4.78 is 65.7. The van der Waals surface area contributed by atoms with Crippen LogP contribution in [-0.4, -0.2) is 54.7 Å². The van der Waals surface area contributed by atoms with Gasteiger partial charge in [-0.2, -0.15) is 16.8 Å². The molecule has 0 rings (SSSR count). The molecule has 0 aromatic carbocycles. The molecule has 2 atom stereocenters. The molecule has 0 saturated carbocycles. The fourth-order valence-electron chi connectivity index (χ4n) is 5.91. The average molecular weight is 671 g/mol. The van der Waals surface area contributed by atoms with Crippen LogP contribution in [0.15, 0.2) is 0 Å². The molecule has 0 heterocycles. The minimum absolute atomic E-state index is 0.311. The monoisotopic (exact) mass is 670 g/mol. The second kappa shape index (κ2) is 24.0. The Bertz CT molecular complexity index is 849. The van der Waals surface area contributed by atoms with E-state index in [9.17, 15) is 25.9 Å². The molecular formula is C34H74N2O6S2. The molecule has 0 bridgehead atoms. The molecule has 0 fully saturated rings. The summed E-state index contributed by atoms with van der Waals surface area (Å²) in [4.78, 5) is -1.02. The highest BCUT2D eigenvalue weighted by Gasteiger charge is 2.48. The van der Waals surface area contributed by atoms with E-state index in [1.165, 1.54) is 89.9 Å². The van der Waals surface area contributed by atoms with Gasteiger partial charge in [-0.05, 0) is 38.8 Å². The van der Waals surface area contributed by atoms with Crippen LogP contribution in [0.3, 0.4) is 0 Å². The van der Waals surface area contributed by atoms with Gasteiger partial charge >= 0.3 is 0 Å². The van der Waals surface area contributed by atoms with Crippen molar-refractivity contribution in [3.8, 4) is 0 Å². The Kier molecular flexibility index (Phi) is 25.0. The van der Waals surface area contributed by atoms with E-state index < -0.39 is 35.4 Å². The lowest BCUT2D eigenvalue weighted by atomic mass is 9.83. The molecule has 10 heteroatoms. The minimum atomic E-state index is -4.25. The molecule has 0 aromatic rings. The smallest absolute Gasteiger partial charge is 0.284 e. The van der Waals surface area contributed by atoms with Crippen molar-refractivity contribution in [2.75, 3.05) is 14.1 Å². The molecule has 0 spiro atoms. The van der Waals surface area contributed by atoms with E-state index in [-0.39, 0.29) is 0 Å². The van der Waals surface area contributed by atoms with Gasteiger partial charge in [-0.15, -0.1) is 0 Å². The summed E-state index contributed by atoms with van der Waals surface area (Å²) in [5.41, 5.74) is 5.34. The van der Waals surface area contributed by atoms with Gasteiger partial charge in [0.05, 0.1) is 0 Å². The first-order valence-corrected chi connectivity index (χ1v) is 20.7. The van der Waals surface area contributed by atoms with Crippen LogP contribution in [0.25, 0.3) is 0 Å². The van der Waals surface area contributed by atoms with Gasteiger partial charge in [0.25, 0.3) is 20.2 Å². The Balaban J connectivity index is 0. The van der Waals surface area contributed by atoms with Crippen molar-refractivity contribution >= 4 is 20.2 Å². The Morgan fingerprint density at radius 1 is 0.523 bits per heavy atom. The van der Waals surface area contributed by atoms with E-state index in [0.717, 1.165) is 38.5 Å². The zero-order valence-corrected chi connectivity index (χ0v) is 31.8. The second-order valence-corrected chi connectivity index (χ2v) is 17.5. The van der Waals surface area contributed by atoms with Crippen LogP contribution < -0.4 is 5.73 Å². The average Bonchev–Trinajstić information content (AvgIpc) is 2.91. The van der Waals surface area contributed by atoms with Crippen molar-refractivity contribution in [1.29, 1.82) is 0 Å². The van der Waals surface area contributed by atoms with Gasteiger partial charge in [-0.25, -0.2) is 0 Å². The van der Waals surface area contributed by atoms with Gasteiger partial charge < -0.3 is 5.73 Å². The number of rotatable bonds is 26. The van der Waals surface area contributed by atoms with Gasteiger partial charge in [0.2, 0.25) is 0 Å². The molecule has 0 aliphatic rings. The van der Waals surface area contributed by atoms with Crippen LogP contribution in [0.4, 0.5) is 0 Å². The quantitative estimate of drug-likeness (QED) is 0.0611. The Labute approximate surface area is 274 Å². The molecule has 0 radical (unpaired) electrons. The summed E-state index contributed by atoms with van der Waals surface area (Å²) >= 11 is 0. The predicted molar refractivity (Wildman–Crippen MR) is 189 cm³/mol. The Morgan fingerprint density at radius 3 is 1.05 bits per heavy atom. The topological polar surface area (TPSA) is 138 Å². The van der Waals surface area contributed by atoms with Crippen molar-refractivity contribution in [1.82, 2.24) is 4.90 Å². The molecule has 0 aliphatic heterocycles. The largest absolute Gasteiger partial charge is 0.310 e. The molecule has 8 nitrogen and oxygen atoms in total. The van der Waals surface area contributed by atoms with E-state index in [1.54, 1.807) is 39.8 Å². The molecule has 2 unspecified atom stereocenters. The van der Waals surface area contributed by atoms with Crippen LogP contribution in [-0.2, 0) is 20.2 Å². The molecule has 268 valence electrons. The van der Waals surface area contributed by atoms with Gasteiger partial charge in [0.1, 0.15) is 9.74 Å². The van der Waals surface area contributed by atoms with E-state index in [2.05, 4.69) is 13.8 Å². The summed E-state index contributed by atoms with van der Waals surface area (Å²) in [6, 6.07) is 0. The van der Waals surface area contributed by atoms with Gasteiger partial charge in [-0.1, -0.05) is 170 Å². The van der Waals surface area contributed by atoms with Gasteiger partial charge in [-0.3, -0.25) is 14.0 Å². The van der Waals surface area contributed by atoms with E-state index >= 15 is 0 Å². The molecule has 44 heavy (non-hydrogen) atoms. The maximum Gasteiger partial charge on any atom is 0.284 e. The van der Waals surface area contributed by atoms with Crippen molar-refractivity contribution < 1.29 is 25.9 Å². The first kappa shape index (κ1) is 45.9. The highest BCUT2D eigenvalue weighted by Crippen LogP contribution is 2.36. The van der Waals surface area contributed by atoms with E-state index in [4.69, 9.17) is 5.73 Å². The second-order valence-electron chi connectivity index (χ2n) is 14.1. The number of hydrogen-bond acceptors (Lipinski definition) is 6. The standard InChI is InChI=1S/2C17H37NO3S/c1-5-6-7-8-9-10-11-12-13-14-15-17(18,16(2,3)4)22(19,20)21;1-5-7-8-9-10-11-12-13-14-15-16-17(6-2,18(3)4)22(19,20)21/h5-15,18H2,1-4H3,(H,19,20,21);5-16H2,1-4H3,(H,19,20,21). The third-order valence-electron chi connectivity index (χ3n) is 9.40. The molecule has 4 N–H and O–H groups in total. The lowest BCUT2D eigenvalue weighted by Gasteiger charge is -2.38. The van der Waals surface area contributed by atoms with E-state index in [0.29, 0.717) is 19.3 Å². The normalized spacial score (nSPS) is 15.5. The van der Waals surface area contributed by atoms with Crippen molar-refractivity contribution in [3.63, 3.8) is 0 Å². The first-order chi connectivity index (χ1) is 20.4.